The molecule has 2 aromatic rings. The molecule has 0 saturated carbocycles. The molecule has 2 aromatic heterocycles. The summed E-state index contributed by atoms with van der Waals surface area (Å²) in [5, 5.41) is 2.97. The van der Waals surface area contributed by atoms with Crippen molar-refractivity contribution >= 4 is 17.5 Å². The van der Waals surface area contributed by atoms with Crippen LogP contribution in [0.5, 0.6) is 0 Å². The summed E-state index contributed by atoms with van der Waals surface area (Å²) in [5.41, 5.74) is 0.826. The minimum atomic E-state index is -0.204. The summed E-state index contributed by atoms with van der Waals surface area (Å²) in [4.78, 5) is 25.1. The van der Waals surface area contributed by atoms with Gasteiger partial charge in [0.1, 0.15) is 18.0 Å². The van der Waals surface area contributed by atoms with Gasteiger partial charge in [-0.1, -0.05) is 0 Å². The van der Waals surface area contributed by atoms with Crippen LogP contribution in [0.4, 0.5) is 11.6 Å². The zero-order valence-electron chi connectivity index (χ0n) is 15.6. The van der Waals surface area contributed by atoms with Crippen LogP contribution >= 0.6 is 0 Å². The molecule has 0 unspecified atom stereocenters. The summed E-state index contributed by atoms with van der Waals surface area (Å²) < 4.78 is 10.8. The van der Waals surface area contributed by atoms with Crippen LogP contribution in [-0.4, -0.2) is 62.3 Å². The summed E-state index contributed by atoms with van der Waals surface area (Å²) in [5.74, 6) is 1.82. The molecule has 8 nitrogen and oxygen atoms in total. The fourth-order valence-electron chi connectivity index (χ4n) is 3.15. The van der Waals surface area contributed by atoms with Gasteiger partial charge in [-0.3, -0.25) is 4.79 Å². The van der Waals surface area contributed by atoms with Gasteiger partial charge in [-0.2, -0.15) is 0 Å². The minimum absolute atomic E-state index is 0.0871. The summed E-state index contributed by atoms with van der Waals surface area (Å²) in [6, 6.07) is 3.81. The molecule has 140 valence electrons. The number of hydrogen-bond acceptors (Lipinski definition) is 7. The Labute approximate surface area is 153 Å². The summed E-state index contributed by atoms with van der Waals surface area (Å²) in [6.07, 6.45) is 4.00. The van der Waals surface area contributed by atoms with Crippen LogP contribution in [0, 0.1) is 6.92 Å². The Hall–Kier alpha value is -2.61. The lowest BCUT2D eigenvalue weighted by Crippen LogP contribution is -2.40. The number of carbonyl (C=O) groups is 1. The fraction of sp³-hybridized carbons (Fsp3) is 0.500. The van der Waals surface area contributed by atoms with E-state index in [1.807, 2.05) is 32.0 Å². The van der Waals surface area contributed by atoms with Crippen LogP contribution in [0.3, 0.4) is 0 Å². The molecule has 1 fully saturated rings. The van der Waals surface area contributed by atoms with E-state index in [0.717, 1.165) is 30.2 Å². The van der Waals surface area contributed by atoms with Gasteiger partial charge in [0.15, 0.2) is 5.76 Å². The maximum atomic E-state index is 12.3. The maximum absolute atomic E-state index is 12.3. The first-order chi connectivity index (χ1) is 12.5. The predicted molar refractivity (Wildman–Crippen MR) is 98.7 cm³/mol. The van der Waals surface area contributed by atoms with Crippen molar-refractivity contribution in [2.75, 3.05) is 44.1 Å². The van der Waals surface area contributed by atoms with Crippen molar-refractivity contribution in [3.8, 4) is 0 Å². The standard InChI is InChI=1S/C18H25N5O3/c1-12-5-6-26-17(12)18(24)19-9-13-7-14(25-4)10-23(13)16-8-15(22(2)3)20-11-21-16/h5-6,8,11,13-14H,7,9-10H2,1-4H3,(H,19,24)/t13-,14-/m1/s1. The molecular formula is C18H25N5O3. The predicted octanol–water partition coefficient (Wildman–Crippen LogP) is 1.47. The summed E-state index contributed by atoms with van der Waals surface area (Å²) >= 11 is 0. The Kier molecular flexibility index (Phi) is 5.41. The molecule has 1 aliphatic rings. The zero-order valence-corrected chi connectivity index (χ0v) is 15.6. The maximum Gasteiger partial charge on any atom is 0.287 e. The highest BCUT2D eigenvalue weighted by Crippen LogP contribution is 2.26. The SMILES string of the molecule is CO[C@@H]1C[C@H](CNC(=O)c2occc2C)N(c2cc(N(C)C)ncn2)C1. The molecule has 3 heterocycles. The lowest BCUT2D eigenvalue weighted by Gasteiger charge is -2.26. The first-order valence-electron chi connectivity index (χ1n) is 8.60. The van der Waals surface area contributed by atoms with Gasteiger partial charge in [0.2, 0.25) is 0 Å². The first-order valence-corrected chi connectivity index (χ1v) is 8.60. The Morgan fingerprint density at radius 2 is 2.27 bits per heavy atom. The molecule has 1 amide bonds. The van der Waals surface area contributed by atoms with Crippen LogP contribution in [0.15, 0.2) is 29.1 Å². The first kappa shape index (κ1) is 18.2. The highest BCUT2D eigenvalue weighted by atomic mass is 16.5. The molecule has 0 spiro atoms. The molecule has 1 aliphatic heterocycles. The molecule has 0 radical (unpaired) electrons. The van der Waals surface area contributed by atoms with E-state index in [4.69, 9.17) is 9.15 Å². The number of methoxy groups -OCH3 is 1. The van der Waals surface area contributed by atoms with E-state index < -0.39 is 0 Å². The van der Waals surface area contributed by atoms with Crippen molar-refractivity contribution in [3.63, 3.8) is 0 Å². The molecule has 3 rings (SSSR count). The van der Waals surface area contributed by atoms with Gasteiger partial charge in [-0.25, -0.2) is 9.97 Å². The highest BCUT2D eigenvalue weighted by Gasteiger charge is 2.33. The van der Waals surface area contributed by atoms with Crippen molar-refractivity contribution in [1.29, 1.82) is 0 Å². The second-order valence-electron chi connectivity index (χ2n) is 6.67. The minimum Gasteiger partial charge on any atom is -0.459 e. The highest BCUT2D eigenvalue weighted by molar-refractivity contribution is 5.92. The Bertz CT molecular complexity index is 761. The number of hydrogen-bond donors (Lipinski definition) is 1. The molecule has 0 bridgehead atoms. The van der Waals surface area contributed by atoms with Crippen LogP contribution in [0.25, 0.3) is 0 Å². The van der Waals surface area contributed by atoms with E-state index >= 15 is 0 Å². The third kappa shape index (κ3) is 3.80. The van der Waals surface area contributed by atoms with E-state index in [1.165, 1.54) is 6.26 Å². The van der Waals surface area contributed by atoms with Gasteiger partial charge in [0, 0.05) is 45.9 Å². The largest absolute Gasteiger partial charge is 0.459 e. The van der Waals surface area contributed by atoms with E-state index in [0.29, 0.717) is 12.3 Å². The number of nitrogens with one attached hydrogen (secondary N) is 1. The average Bonchev–Trinajstić information content (AvgIpc) is 3.25. The van der Waals surface area contributed by atoms with Crippen LogP contribution < -0.4 is 15.1 Å². The Morgan fingerprint density at radius 3 is 2.92 bits per heavy atom. The number of rotatable bonds is 6. The topological polar surface area (TPSA) is 83.7 Å². The lowest BCUT2D eigenvalue weighted by atomic mass is 10.2. The molecule has 1 saturated heterocycles. The molecule has 0 aliphatic carbocycles. The van der Waals surface area contributed by atoms with Crippen molar-refractivity contribution in [1.82, 2.24) is 15.3 Å². The van der Waals surface area contributed by atoms with Gasteiger partial charge in [0.25, 0.3) is 5.91 Å². The number of carbonyl (C=O) groups excluding carboxylic acids is 1. The van der Waals surface area contributed by atoms with E-state index in [9.17, 15) is 4.79 Å². The lowest BCUT2D eigenvalue weighted by molar-refractivity contribution is 0.0918. The van der Waals surface area contributed by atoms with Crippen LogP contribution in [-0.2, 0) is 4.74 Å². The number of nitrogens with zero attached hydrogens (tertiary/aromatic N) is 4. The monoisotopic (exact) mass is 359 g/mol. The van der Waals surface area contributed by atoms with Crippen molar-refractivity contribution in [3.05, 3.63) is 36.0 Å². The second kappa shape index (κ2) is 7.74. The van der Waals surface area contributed by atoms with Crippen molar-refractivity contribution in [2.45, 2.75) is 25.5 Å². The number of ether oxygens (including phenoxy) is 1. The third-order valence-electron chi connectivity index (χ3n) is 4.67. The van der Waals surface area contributed by atoms with Crippen LogP contribution in [0.1, 0.15) is 22.5 Å². The number of amides is 1. The zero-order chi connectivity index (χ0) is 18.7. The van der Waals surface area contributed by atoms with Gasteiger partial charge in [-0.15, -0.1) is 0 Å². The van der Waals surface area contributed by atoms with Gasteiger partial charge < -0.3 is 24.3 Å². The van der Waals surface area contributed by atoms with Gasteiger partial charge in [-0.05, 0) is 19.4 Å². The third-order valence-corrected chi connectivity index (χ3v) is 4.67. The molecule has 1 N–H and O–H groups in total. The van der Waals surface area contributed by atoms with Crippen LogP contribution in [0.2, 0.25) is 0 Å². The smallest absolute Gasteiger partial charge is 0.287 e. The number of aromatic nitrogens is 2. The Balaban J connectivity index is 1.73. The second-order valence-corrected chi connectivity index (χ2v) is 6.67. The van der Waals surface area contributed by atoms with Gasteiger partial charge in [0.05, 0.1) is 18.4 Å². The quantitative estimate of drug-likeness (QED) is 0.836. The fourth-order valence-corrected chi connectivity index (χ4v) is 3.15. The number of furan rings is 1. The number of aryl methyl sites for hydroxylation is 1. The average molecular weight is 359 g/mol. The van der Waals surface area contributed by atoms with E-state index in [2.05, 4.69) is 20.2 Å². The summed E-state index contributed by atoms with van der Waals surface area (Å²) in [6.45, 7) is 3.06. The molecule has 26 heavy (non-hydrogen) atoms. The molecule has 8 heteroatoms. The van der Waals surface area contributed by atoms with E-state index in [-0.39, 0.29) is 18.1 Å². The molecule has 0 aromatic carbocycles. The van der Waals surface area contributed by atoms with Gasteiger partial charge >= 0.3 is 0 Å². The van der Waals surface area contributed by atoms with Crippen molar-refractivity contribution in [2.24, 2.45) is 0 Å². The molecule has 2 atom stereocenters. The normalized spacial score (nSPS) is 19.6. The Morgan fingerprint density at radius 1 is 1.46 bits per heavy atom. The van der Waals surface area contributed by atoms with Crippen molar-refractivity contribution < 1.29 is 13.9 Å². The van der Waals surface area contributed by atoms with E-state index in [1.54, 1.807) is 19.5 Å². The summed E-state index contributed by atoms with van der Waals surface area (Å²) in [7, 11) is 5.59. The number of anilines is 2. The molecular weight excluding hydrogens is 334 g/mol.